The van der Waals surface area contributed by atoms with E-state index in [1.807, 2.05) is 12.2 Å². The lowest BCUT2D eigenvalue weighted by molar-refractivity contribution is -0.150. The van der Waals surface area contributed by atoms with Gasteiger partial charge in [-0.25, -0.2) is 0 Å². The van der Waals surface area contributed by atoms with Crippen molar-refractivity contribution in [2.75, 3.05) is 6.61 Å². The molecule has 1 amide bonds. The number of hydrogen-bond acceptors (Lipinski definition) is 5. The third-order valence-electron chi connectivity index (χ3n) is 11.1. The smallest absolute Gasteiger partial charge is 0.306 e. The van der Waals surface area contributed by atoms with E-state index in [1.165, 1.54) is 128 Å². The van der Waals surface area contributed by atoms with Crippen LogP contribution in [0.25, 0.3) is 0 Å². The third kappa shape index (κ3) is 42.1. The van der Waals surface area contributed by atoms with Crippen LogP contribution in [0.5, 0.6) is 0 Å². The Hall–Kier alpha value is -2.44. The molecule has 0 heterocycles. The van der Waals surface area contributed by atoms with Crippen LogP contribution in [0.3, 0.4) is 0 Å². The van der Waals surface area contributed by atoms with Gasteiger partial charge in [0.15, 0.2) is 0 Å². The Morgan fingerprint density at radius 3 is 1.46 bits per heavy atom. The summed E-state index contributed by atoms with van der Waals surface area (Å²) in [5.74, 6) is -0.587. The minimum Gasteiger partial charge on any atom is -0.461 e. The monoisotopic (exact) mass is 826 g/mol. The molecule has 0 aliphatic rings. The molecule has 0 saturated carbocycles. The van der Waals surface area contributed by atoms with Crippen LogP contribution in [0.1, 0.15) is 239 Å². The van der Waals surface area contributed by atoms with Gasteiger partial charge in [0, 0.05) is 12.8 Å². The van der Waals surface area contributed by atoms with E-state index in [4.69, 9.17) is 4.74 Å². The van der Waals surface area contributed by atoms with Crippen molar-refractivity contribution < 1.29 is 24.5 Å². The molecule has 0 aromatic heterocycles. The summed E-state index contributed by atoms with van der Waals surface area (Å²) >= 11 is 0. The standard InChI is InChI=1S/C53H95NO5/c1-4-7-10-13-16-19-22-24-26-27-30-32-35-38-41-44-49(59-53(58)46-43-40-37-34-29-21-18-15-12-9-6-3)47-52(57)54-50(48-55)51(56)45-42-39-36-33-31-28-25-23-20-17-14-11-8-5-2/h15-16,18-19,24,26,30,32,38,41,49-51,55-56H,4-14,17,20-23,25,27-29,31,33-37,39-40,42-48H2,1-3H3,(H,54,57)/b18-15-,19-16-,26-24-,32-30-,41-38-. The first-order chi connectivity index (χ1) is 29.0. The summed E-state index contributed by atoms with van der Waals surface area (Å²) in [4.78, 5) is 26.0. The maximum atomic E-state index is 13.2. The highest BCUT2D eigenvalue weighted by Crippen LogP contribution is 2.16. The van der Waals surface area contributed by atoms with Gasteiger partial charge in [0.05, 0.1) is 25.2 Å². The molecule has 0 aromatic carbocycles. The number of aliphatic hydroxyl groups excluding tert-OH is 2. The first-order valence-corrected chi connectivity index (χ1v) is 25.0. The minimum atomic E-state index is -0.812. The molecule has 0 bridgehead atoms. The Morgan fingerprint density at radius 1 is 0.508 bits per heavy atom. The summed E-state index contributed by atoms with van der Waals surface area (Å²) in [6.07, 6.45) is 57.2. The largest absolute Gasteiger partial charge is 0.461 e. The molecule has 3 unspecified atom stereocenters. The Balaban J connectivity index is 4.71. The van der Waals surface area contributed by atoms with Gasteiger partial charge in [0.25, 0.3) is 0 Å². The lowest BCUT2D eigenvalue weighted by Gasteiger charge is -2.24. The van der Waals surface area contributed by atoms with Crippen molar-refractivity contribution in [1.29, 1.82) is 0 Å². The van der Waals surface area contributed by atoms with Gasteiger partial charge in [-0.15, -0.1) is 0 Å². The molecule has 6 heteroatoms. The van der Waals surface area contributed by atoms with Crippen LogP contribution in [-0.2, 0) is 14.3 Å². The maximum Gasteiger partial charge on any atom is 0.306 e. The van der Waals surface area contributed by atoms with Gasteiger partial charge in [-0.2, -0.15) is 0 Å². The molecule has 0 aliphatic carbocycles. The van der Waals surface area contributed by atoms with E-state index >= 15 is 0 Å². The van der Waals surface area contributed by atoms with E-state index < -0.39 is 18.2 Å². The quantitative estimate of drug-likeness (QED) is 0.0323. The molecule has 0 rings (SSSR count). The number of ether oxygens (including phenoxy) is 1. The second-order valence-corrected chi connectivity index (χ2v) is 16.9. The molecule has 0 aromatic rings. The van der Waals surface area contributed by atoms with Crippen LogP contribution in [0.2, 0.25) is 0 Å². The molecule has 6 nitrogen and oxygen atoms in total. The van der Waals surface area contributed by atoms with Crippen molar-refractivity contribution in [2.24, 2.45) is 0 Å². The van der Waals surface area contributed by atoms with E-state index in [2.05, 4.69) is 74.7 Å². The summed E-state index contributed by atoms with van der Waals surface area (Å²) in [6, 6.07) is -0.732. The summed E-state index contributed by atoms with van der Waals surface area (Å²) in [5.41, 5.74) is 0. The fraction of sp³-hybridized carbons (Fsp3) is 0.774. The lowest BCUT2D eigenvalue weighted by atomic mass is 10.0. The van der Waals surface area contributed by atoms with E-state index in [-0.39, 0.29) is 24.9 Å². The zero-order valence-electron chi connectivity index (χ0n) is 38.9. The zero-order valence-corrected chi connectivity index (χ0v) is 38.9. The summed E-state index contributed by atoms with van der Waals surface area (Å²) in [6.45, 7) is 6.38. The first kappa shape index (κ1) is 56.6. The van der Waals surface area contributed by atoms with E-state index in [0.29, 0.717) is 19.3 Å². The number of hydrogen-bond donors (Lipinski definition) is 3. The van der Waals surface area contributed by atoms with E-state index in [9.17, 15) is 19.8 Å². The number of nitrogens with one attached hydrogen (secondary N) is 1. The Morgan fingerprint density at radius 2 is 0.915 bits per heavy atom. The second-order valence-electron chi connectivity index (χ2n) is 16.9. The number of carbonyl (C=O) groups excluding carboxylic acids is 2. The summed E-state index contributed by atoms with van der Waals surface area (Å²) in [5, 5.41) is 23.7. The number of unbranched alkanes of at least 4 members (excludes halogenated alkanes) is 23. The van der Waals surface area contributed by atoms with E-state index in [1.54, 1.807) is 0 Å². The Labute approximate surface area is 365 Å². The molecular formula is C53H95NO5. The lowest BCUT2D eigenvalue weighted by Crippen LogP contribution is -2.46. The Bertz CT molecular complexity index is 1060. The maximum absolute atomic E-state index is 13.2. The number of aliphatic hydroxyl groups is 2. The van der Waals surface area contributed by atoms with Crippen molar-refractivity contribution in [2.45, 2.75) is 257 Å². The number of amides is 1. The van der Waals surface area contributed by atoms with Gasteiger partial charge in [-0.1, -0.05) is 216 Å². The predicted octanol–water partition coefficient (Wildman–Crippen LogP) is 14.8. The van der Waals surface area contributed by atoms with Crippen molar-refractivity contribution in [3.05, 3.63) is 60.8 Å². The van der Waals surface area contributed by atoms with E-state index in [0.717, 1.165) is 64.2 Å². The highest BCUT2D eigenvalue weighted by molar-refractivity contribution is 5.77. The average molecular weight is 826 g/mol. The van der Waals surface area contributed by atoms with Crippen molar-refractivity contribution in [3.8, 4) is 0 Å². The SMILES string of the molecule is CCCC/C=C\CCCCCCCC(=O)OC(C/C=C\C/C=C\C/C=C\C/C=C\CCCCC)CC(=O)NC(CO)C(O)CCCCCCCCCCCCCCCC. The zero-order chi connectivity index (χ0) is 43.1. The fourth-order valence-electron chi connectivity index (χ4n) is 7.21. The van der Waals surface area contributed by atoms with Crippen molar-refractivity contribution >= 4 is 11.9 Å². The van der Waals surface area contributed by atoms with Gasteiger partial charge in [0.1, 0.15) is 6.10 Å². The number of carbonyl (C=O) groups is 2. The second kappa shape index (κ2) is 46.6. The molecule has 0 spiro atoms. The van der Waals surface area contributed by atoms with Crippen molar-refractivity contribution in [1.82, 2.24) is 5.32 Å². The summed E-state index contributed by atoms with van der Waals surface area (Å²) < 4.78 is 5.85. The number of rotatable bonds is 44. The highest BCUT2D eigenvalue weighted by Gasteiger charge is 2.23. The topological polar surface area (TPSA) is 95.9 Å². The highest BCUT2D eigenvalue weighted by atomic mass is 16.5. The third-order valence-corrected chi connectivity index (χ3v) is 11.1. The van der Waals surface area contributed by atoms with Crippen molar-refractivity contribution in [3.63, 3.8) is 0 Å². The minimum absolute atomic E-state index is 0.00237. The number of esters is 1. The van der Waals surface area contributed by atoms with Crippen LogP contribution in [0.15, 0.2) is 60.8 Å². The molecule has 0 radical (unpaired) electrons. The van der Waals surface area contributed by atoms with Crippen LogP contribution >= 0.6 is 0 Å². The molecule has 3 N–H and O–H groups in total. The molecule has 0 fully saturated rings. The molecule has 0 saturated heterocycles. The molecule has 0 aliphatic heterocycles. The molecule has 59 heavy (non-hydrogen) atoms. The molecule has 3 atom stereocenters. The summed E-state index contributed by atoms with van der Waals surface area (Å²) in [7, 11) is 0. The normalized spacial score (nSPS) is 13.8. The average Bonchev–Trinajstić information content (AvgIpc) is 3.23. The predicted molar refractivity (Wildman–Crippen MR) is 255 cm³/mol. The fourth-order valence-corrected chi connectivity index (χ4v) is 7.21. The van der Waals surface area contributed by atoms with Crippen LogP contribution in [0, 0.1) is 0 Å². The first-order valence-electron chi connectivity index (χ1n) is 25.0. The van der Waals surface area contributed by atoms with Gasteiger partial charge in [0.2, 0.25) is 5.91 Å². The molecule has 342 valence electrons. The van der Waals surface area contributed by atoms with Crippen LogP contribution in [0.4, 0.5) is 0 Å². The van der Waals surface area contributed by atoms with Gasteiger partial charge in [-0.05, 0) is 64.2 Å². The van der Waals surface area contributed by atoms with Gasteiger partial charge >= 0.3 is 5.97 Å². The Kier molecular flexibility index (Phi) is 44.7. The number of allylic oxidation sites excluding steroid dienone is 9. The van der Waals surface area contributed by atoms with Crippen LogP contribution in [-0.4, -0.2) is 46.9 Å². The van der Waals surface area contributed by atoms with Crippen LogP contribution < -0.4 is 5.32 Å². The molecular weight excluding hydrogens is 731 g/mol. The van der Waals surface area contributed by atoms with Gasteiger partial charge < -0.3 is 20.3 Å². The van der Waals surface area contributed by atoms with Gasteiger partial charge in [-0.3, -0.25) is 9.59 Å².